The summed E-state index contributed by atoms with van der Waals surface area (Å²) in [6, 6.07) is 14.6. The number of imidazole rings is 1. The highest BCUT2D eigenvalue weighted by Gasteiger charge is 2.10. The predicted octanol–water partition coefficient (Wildman–Crippen LogP) is 3.33. The molecule has 0 aliphatic carbocycles. The summed E-state index contributed by atoms with van der Waals surface area (Å²) >= 11 is 0. The minimum absolute atomic E-state index is 0.303. The van der Waals surface area contributed by atoms with E-state index in [9.17, 15) is 4.79 Å². The summed E-state index contributed by atoms with van der Waals surface area (Å²) in [5.74, 6) is 1.83. The number of ether oxygens (including phenoxy) is 2. The Balaban J connectivity index is 1.48. The maximum absolute atomic E-state index is 12.4. The Morgan fingerprint density at radius 2 is 1.87 bits per heavy atom. The van der Waals surface area contributed by atoms with Crippen molar-refractivity contribution in [1.29, 1.82) is 0 Å². The fraction of sp³-hybridized carbons (Fsp3) is 0.130. The molecule has 2 aromatic carbocycles. The summed E-state index contributed by atoms with van der Waals surface area (Å²) in [4.78, 5) is 24.2. The van der Waals surface area contributed by atoms with Gasteiger partial charge in [-0.25, -0.2) is 10.4 Å². The number of pyridine rings is 1. The van der Waals surface area contributed by atoms with E-state index in [1.165, 1.54) is 0 Å². The molecule has 8 heteroatoms. The first-order valence-corrected chi connectivity index (χ1v) is 9.59. The standard InChI is InChI=1S/C23H21N5O3/c1-30-20-6-3-16(11-21(20)31-2)12-22-26-18-5-4-17(13-19(18)27-22)23(29)28-25-14-15-7-9-24-10-8-15/h3-11,13-14H,12H2,1-2H3,(H,26,27)(H,28,29)/b25-14-. The lowest BCUT2D eigenvalue weighted by molar-refractivity contribution is 0.0955. The number of nitrogens with one attached hydrogen (secondary N) is 2. The van der Waals surface area contributed by atoms with Crippen LogP contribution in [0.5, 0.6) is 11.5 Å². The Kier molecular flexibility index (Phi) is 5.89. The molecule has 8 nitrogen and oxygen atoms in total. The van der Waals surface area contributed by atoms with E-state index in [0.717, 1.165) is 28.0 Å². The second kappa shape index (κ2) is 9.08. The van der Waals surface area contributed by atoms with Gasteiger partial charge in [-0.1, -0.05) is 6.07 Å². The number of hydrogen-bond acceptors (Lipinski definition) is 6. The van der Waals surface area contributed by atoms with Crippen LogP contribution in [0.3, 0.4) is 0 Å². The van der Waals surface area contributed by atoms with Gasteiger partial charge in [0.25, 0.3) is 5.91 Å². The largest absolute Gasteiger partial charge is 0.493 e. The van der Waals surface area contributed by atoms with Gasteiger partial charge >= 0.3 is 0 Å². The van der Waals surface area contributed by atoms with Gasteiger partial charge in [0.1, 0.15) is 5.82 Å². The first kappa shape index (κ1) is 20.1. The first-order chi connectivity index (χ1) is 15.2. The fourth-order valence-corrected chi connectivity index (χ4v) is 3.15. The van der Waals surface area contributed by atoms with Gasteiger partial charge in [0.2, 0.25) is 0 Å². The van der Waals surface area contributed by atoms with Gasteiger partial charge in [0.05, 0.1) is 31.5 Å². The molecule has 2 aromatic heterocycles. The van der Waals surface area contributed by atoms with Gasteiger partial charge in [-0.05, 0) is 53.6 Å². The van der Waals surface area contributed by atoms with E-state index in [2.05, 4.69) is 25.5 Å². The maximum Gasteiger partial charge on any atom is 0.271 e. The van der Waals surface area contributed by atoms with Crippen molar-refractivity contribution in [1.82, 2.24) is 20.4 Å². The number of H-pyrrole nitrogens is 1. The van der Waals surface area contributed by atoms with Crippen molar-refractivity contribution in [2.24, 2.45) is 5.10 Å². The SMILES string of the molecule is COc1ccc(Cc2nc3ccc(C(=O)N/N=C\c4ccncc4)cc3[nH]2)cc1OC. The average Bonchev–Trinajstić information content (AvgIpc) is 3.21. The van der Waals surface area contributed by atoms with Crippen LogP contribution in [0.15, 0.2) is 66.0 Å². The molecule has 0 aliphatic heterocycles. The van der Waals surface area contributed by atoms with E-state index in [4.69, 9.17) is 9.47 Å². The number of hydrazone groups is 1. The molecule has 0 bridgehead atoms. The third-order valence-electron chi connectivity index (χ3n) is 4.70. The topological polar surface area (TPSA) is 101 Å². The third kappa shape index (κ3) is 4.69. The molecule has 0 saturated carbocycles. The second-order valence-corrected chi connectivity index (χ2v) is 6.76. The number of nitrogens with zero attached hydrogens (tertiary/aromatic N) is 3. The first-order valence-electron chi connectivity index (χ1n) is 9.59. The zero-order chi connectivity index (χ0) is 21.6. The molecule has 0 aliphatic rings. The lowest BCUT2D eigenvalue weighted by Crippen LogP contribution is -2.17. The third-order valence-corrected chi connectivity index (χ3v) is 4.70. The molecule has 4 rings (SSSR count). The number of hydrogen-bond donors (Lipinski definition) is 2. The van der Waals surface area contributed by atoms with Crippen LogP contribution in [0.25, 0.3) is 11.0 Å². The second-order valence-electron chi connectivity index (χ2n) is 6.76. The van der Waals surface area contributed by atoms with Crippen LogP contribution >= 0.6 is 0 Å². The van der Waals surface area contributed by atoms with Crippen molar-refractivity contribution in [3.8, 4) is 11.5 Å². The van der Waals surface area contributed by atoms with Crippen LogP contribution in [-0.2, 0) is 6.42 Å². The van der Waals surface area contributed by atoms with Crippen molar-refractivity contribution in [2.75, 3.05) is 14.2 Å². The van der Waals surface area contributed by atoms with E-state index in [1.54, 1.807) is 57.1 Å². The predicted molar refractivity (Wildman–Crippen MR) is 118 cm³/mol. The molecular weight excluding hydrogens is 394 g/mol. The molecule has 0 saturated heterocycles. The van der Waals surface area contributed by atoms with Gasteiger partial charge in [0.15, 0.2) is 11.5 Å². The number of methoxy groups -OCH3 is 2. The van der Waals surface area contributed by atoms with Crippen LogP contribution in [0.2, 0.25) is 0 Å². The van der Waals surface area contributed by atoms with E-state index in [-0.39, 0.29) is 5.91 Å². The minimum atomic E-state index is -0.303. The number of aromatic nitrogens is 3. The van der Waals surface area contributed by atoms with E-state index < -0.39 is 0 Å². The Morgan fingerprint density at radius 3 is 2.65 bits per heavy atom. The molecule has 1 amide bonds. The van der Waals surface area contributed by atoms with Gasteiger partial charge < -0.3 is 14.5 Å². The van der Waals surface area contributed by atoms with Gasteiger partial charge in [-0.2, -0.15) is 5.10 Å². The van der Waals surface area contributed by atoms with E-state index in [0.29, 0.717) is 23.5 Å². The zero-order valence-corrected chi connectivity index (χ0v) is 17.1. The Morgan fingerprint density at radius 1 is 1.06 bits per heavy atom. The van der Waals surface area contributed by atoms with Crippen LogP contribution < -0.4 is 14.9 Å². The normalized spacial score (nSPS) is 11.0. The Bertz CT molecular complexity index is 1230. The number of fused-ring (bicyclic) bond motifs is 1. The van der Waals surface area contributed by atoms with Crippen molar-refractivity contribution in [3.63, 3.8) is 0 Å². The lowest BCUT2D eigenvalue weighted by Gasteiger charge is -2.08. The monoisotopic (exact) mass is 415 g/mol. The smallest absolute Gasteiger partial charge is 0.271 e. The van der Waals surface area contributed by atoms with E-state index >= 15 is 0 Å². The maximum atomic E-state index is 12.4. The molecule has 4 aromatic rings. The molecular formula is C23H21N5O3. The van der Waals surface area contributed by atoms with Crippen LogP contribution in [-0.4, -0.2) is 41.3 Å². The van der Waals surface area contributed by atoms with Crippen LogP contribution in [0.1, 0.15) is 27.3 Å². The number of benzene rings is 2. The Hall–Kier alpha value is -4.20. The quantitative estimate of drug-likeness (QED) is 0.356. The number of rotatable bonds is 7. The molecule has 2 heterocycles. The molecule has 156 valence electrons. The minimum Gasteiger partial charge on any atom is -0.493 e. The average molecular weight is 415 g/mol. The molecule has 0 radical (unpaired) electrons. The molecule has 2 N–H and O–H groups in total. The van der Waals surface area contributed by atoms with Crippen molar-refractivity contribution >= 4 is 23.2 Å². The van der Waals surface area contributed by atoms with Gasteiger partial charge in [-0.15, -0.1) is 0 Å². The molecule has 0 spiro atoms. The summed E-state index contributed by atoms with van der Waals surface area (Å²) in [7, 11) is 3.21. The highest BCUT2D eigenvalue weighted by molar-refractivity contribution is 5.97. The zero-order valence-electron chi connectivity index (χ0n) is 17.1. The van der Waals surface area contributed by atoms with E-state index in [1.807, 2.05) is 24.3 Å². The van der Waals surface area contributed by atoms with Crippen molar-refractivity contribution in [3.05, 3.63) is 83.4 Å². The lowest BCUT2D eigenvalue weighted by atomic mass is 10.1. The van der Waals surface area contributed by atoms with Crippen LogP contribution in [0.4, 0.5) is 0 Å². The summed E-state index contributed by atoms with van der Waals surface area (Å²) in [5.41, 5.74) is 6.46. The number of carbonyl (C=O) groups excluding carboxylic acids is 1. The van der Waals surface area contributed by atoms with Crippen molar-refractivity contribution in [2.45, 2.75) is 6.42 Å². The summed E-state index contributed by atoms with van der Waals surface area (Å²) in [6.45, 7) is 0. The summed E-state index contributed by atoms with van der Waals surface area (Å²) in [6.07, 6.45) is 5.48. The summed E-state index contributed by atoms with van der Waals surface area (Å²) in [5, 5.41) is 3.99. The molecule has 31 heavy (non-hydrogen) atoms. The van der Waals surface area contributed by atoms with Gasteiger partial charge in [0, 0.05) is 24.4 Å². The number of amides is 1. The van der Waals surface area contributed by atoms with Crippen molar-refractivity contribution < 1.29 is 14.3 Å². The highest BCUT2D eigenvalue weighted by atomic mass is 16.5. The van der Waals surface area contributed by atoms with Crippen LogP contribution in [0, 0.1) is 0 Å². The highest BCUT2D eigenvalue weighted by Crippen LogP contribution is 2.28. The fourth-order valence-electron chi connectivity index (χ4n) is 3.15. The number of aromatic amines is 1. The Labute approximate surface area is 179 Å². The molecule has 0 unspecified atom stereocenters. The summed E-state index contributed by atoms with van der Waals surface area (Å²) < 4.78 is 10.6. The van der Waals surface area contributed by atoms with Gasteiger partial charge in [-0.3, -0.25) is 9.78 Å². The molecule has 0 fully saturated rings. The molecule has 0 atom stereocenters. The number of carbonyl (C=O) groups is 1.